The molecule has 0 radical (unpaired) electrons. The van der Waals surface area contributed by atoms with Crippen LogP contribution in [-0.4, -0.2) is 84.4 Å². The monoisotopic (exact) mass is 349 g/mol. The molecular formula is C18H27N3O4. The van der Waals surface area contributed by atoms with Gasteiger partial charge < -0.3 is 19.5 Å². The quantitative estimate of drug-likeness (QED) is 0.765. The van der Waals surface area contributed by atoms with Crippen molar-refractivity contribution in [1.29, 1.82) is 0 Å². The first kappa shape index (κ1) is 18.1. The van der Waals surface area contributed by atoms with Crippen LogP contribution in [0.4, 0.5) is 0 Å². The van der Waals surface area contributed by atoms with Gasteiger partial charge in [-0.3, -0.25) is 9.69 Å². The molecule has 2 aliphatic rings. The van der Waals surface area contributed by atoms with E-state index in [1.165, 1.54) is 0 Å². The largest absolute Gasteiger partial charge is 0.475 e. The first-order valence-corrected chi connectivity index (χ1v) is 8.99. The number of amides is 1. The van der Waals surface area contributed by atoms with E-state index in [0.29, 0.717) is 37.7 Å². The maximum absolute atomic E-state index is 12.9. The summed E-state index contributed by atoms with van der Waals surface area (Å²) in [6.45, 7) is 3.73. The zero-order chi connectivity index (χ0) is 17.6. The minimum Gasteiger partial charge on any atom is -0.475 e. The normalized spacial score (nSPS) is 24.5. The Balaban J connectivity index is 1.59. The van der Waals surface area contributed by atoms with Gasteiger partial charge in [-0.25, -0.2) is 4.98 Å². The fourth-order valence-corrected chi connectivity index (χ4v) is 3.66. The number of hydrogen-bond acceptors (Lipinski definition) is 6. The van der Waals surface area contributed by atoms with Crippen LogP contribution in [0, 0.1) is 0 Å². The number of piperazine rings is 1. The molecule has 1 aliphatic carbocycles. The molecule has 25 heavy (non-hydrogen) atoms. The molecule has 7 heteroatoms. The molecule has 0 spiro atoms. The van der Waals surface area contributed by atoms with Gasteiger partial charge in [0.25, 0.3) is 5.91 Å². The Bertz CT molecular complexity index is 575. The zero-order valence-corrected chi connectivity index (χ0v) is 14.8. The van der Waals surface area contributed by atoms with Crippen molar-refractivity contribution in [2.75, 3.05) is 46.5 Å². The Hall–Kier alpha value is -1.70. The van der Waals surface area contributed by atoms with Gasteiger partial charge in [0.15, 0.2) is 0 Å². The highest BCUT2D eigenvalue weighted by Gasteiger charge is 2.33. The summed E-state index contributed by atoms with van der Waals surface area (Å²) in [6.07, 6.45) is 4.43. The number of methoxy groups -OCH3 is 1. The lowest BCUT2D eigenvalue weighted by Gasteiger charge is -2.39. The number of aromatic nitrogens is 1. The molecule has 0 unspecified atom stereocenters. The van der Waals surface area contributed by atoms with Crippen LogP contribution in [0.3, 0.4) is 0 Å². The van der Waals surface area contributed by atoms with Crippen LogP contribution in [0.15, 0.2) is 18.3 Å². The second-order valence-electron chi connectivity index (χ2n) is 6.59. The number of rotatable bonds is 6. The minimum atomic E-state index is -0.221. The van der Waals surface area contributed by atoms with Crippen molar-refractivity contribution in [1.82, 2.24) is 14.8 Å². The van der Waals surface area contributed by atoms with Gasteiger partial charge in [0.05, 0.1) is 12.7 Å². The number of pyridine rings is 1. The molecule has 2 fully saturated rings. The second kappa shape index (κ2) is 8.60. The van der Waals surface area contributed by atoms with Crippen molar-refractivity contribution in [3.05, 3.63) is 23.9 Å². The lowest BCUT2D eigenvalue weighted by Crippen LogP contribution is -2.53. The van der Waals surface area contributed by atoms with E-state index in [2.05, 4.69) is 9.88 Å². The molecule has 2 heterocycles. The smallest absolute Gasteiger partial charge is 0.259 e. The highest BCUT2D eigenvalue weighted by molar-refractivity contribution is 5.96. The fraction of sp³-hybridized carbons (Fsp3) is 0.667. The predicted molar refractivity (Wildman–Crippen MR) is 92.7 cm³/mol. The van der Waals surface area contributed by atoms with Gasteiger partial charge in [0.1, 0.15) is 12.2 Å². The van der Waals surface area contributed by atoms with Crippen molar-refractivity contribution >= 4 is 5.91 Å². The van der Waals surface area contributed by atoms with Crippen LogP contribution in [0.25, 0.3) is 0 Å². The molecular weight excluding hydrogens is 322 g/mol. The SMILES string of the molecule is COCCOc1ncccc1C(=O)N1CCN([C@@H]2CCC[C@@H]2O)CC1. The van der Waals surface area contributed by atoms with Crippen LogP contribution in [-0.2, 0) is 4.74 Å². The summed E-state index contributed by atoms with van der Waals surface area (Å²) in [7, 11) is 1.61. The van der Waals surface area contributed by atoms with Crippen molar-refractivity contribution < 1.29 is 19.4 Å². The Morgan fingerprint density at radius 1 is 1.28 bits per heavy atom. The molecule has 7 nitrogen and oxygen atoms in total. The lowest BCUT2D eigenvalue weighted by molar-refractivity contribution is 0.0313. The van der Waals surface area contributed by atoms with E-state index < -0.39 is 0 Å². The average molecular weight is 349 g/mol. The minimum absolute atomic E-state index is 0.0489. The topological polar surface area (TPSA) is 75.1 Å². The van der Waals surface area contributed by atoms with Crippen molar-refractivity contribution in [2.45, 2.75) is 31.4 Å². The van der Waals surface area contributed by atoms with E-state index >= 15 is 0 Å². The maximum atomic E-state index is 12.9. The summed E-state index contributed by atoms with van der Waals surface area (Å²) in [6, 6.07) is 3.76. The van der Waals surface area contributed by atoms with Gasteiger partial charge in [-0.15, -0.1) is 0 Å². The number of aliphatic hydroxyl groups is 1. The van der Waals surface area contributed by atoms with Gasteiger partial charge in [-0.2, -0.15) is 0 Å². The zero-order valence-electron chi connectivity index (χ0n) is 14.8. The van der Waals surface area contributed by atoms with E-state index in [4.69, 9.17) is 9.47 Å². The van der Waals surface area contributed by atoms with E-state index in [0.717, 1.165) is 32.4 Å². The molecule has 1 amide bonds. The number of nitrogens with zero attached hydrogens (tertiary/aromatic N) is 3. The van der Waals surface area contributed by atoms with E-state index in [9.17, 15) is 9.90 Å². The Kier molecular flexibility index (Phi) is 6.23. The van der Waals surface area contributed by atoms with Crippen molar-refractivity contribution in [3.8, 4) is 5.88 Å². The van der Waals surface area contributed by atoms with Crippen LogP contribution in [0.2, 0.25) is 0 Å². The molecule has 138 valence electrons. The molecule has 0 bridgehead atoms. The molecule has 1 aliphatic heterocycles. The predicted octanol–water partition coefficient (Wildman–Crippen LogP) is 0.778. The van der Waals surface area contributed by atoms with Crippen LogP contribution >= 0.6 is 0 Å². The lowest BCUT2D eigenvalue weighted by atomic mass is 10.1. The van der Waals surface area contributed by atoms with E-state index in [1.54, 1.807) is 25.4 Å². The highest BCUT2D eigenvalue weighted by Crippen LogP contribution is 2.25. The Morgan fingerprint density at radius 3 is 2.76 bits per heavy atom. The van der Waals surface area contributed by atoms with E-state index in [-0.39, 0.29) is 18.1 Å². The first-order chi connectivity index (χ1) is 12.2. The molecule has 1 aromatic heterocycles. The number of aliphatic hydroxyl groups excluding tert-OH is 1. The Morgan fingerprint density at radius 2 is 2.08 bits per heavy atom. The summed E-state index contributed by atoms with van der Waals surface area (Å²) in [5, 5.41) is 10.1. The van der Waals surface area contributed by atoms with Crippen LogP contribution in [0.5, 0.6) is 5.88 Å². The molecule has 3 rings (SSSR count). The number of carbonyl (C=O) groups is 1. The standard InChI is InChI=1S/C18H27N3O4/c1-24-12-13-25-17-14(4-3-7-19-17)18(23)21-10-8-20(9-11-21)15-5-2-6-16(15)22/h3-4,7,15-16,22H,2,5-6,8-13H2,1H3/t15-,16+/m1/s1. The molecule has 2 atom stereocenters. The molecule has 1 N–H and O–H groups in total. The molecule has 1 saturated heterocycles. The first-order valence-electron chi connectivity index (χ1n) is 8.99. The van der Waals surface area contributed by atoms with E-state index in [1.807, 2.05) is 4.90 Å². The molecule has 0 aromatic carbocycles. The van der Waals surface area contributed by atoms with Gasteiger partial charge in [-0.05, 0) is 31.4 Å². The average Bonchev–Trinajstić information content (AvgIpc) is 3.08. The molecule has 1 aromatic rings. The second-order valence-corrected chi connectivity index (χ2v) is 6.59. The number of ether oxygens (including phenoxy) is 2. The summed E-state index contributed by atoms with van der Waals surface area (Å²) < 4.78 is 10.6. The van der Waals surface area contributed by atoms with Gasteiger partial charge >= 0.3 is 0 Å². The van der Waals surface area contributed by atoms with Crippen LogP contribution in [0.1, 0.15) is 29.6 Å². The summed E-state index contributed by atoms with van der Waals surface area (Å²) in [4.78, 5) is 21.2. The van der Waals surface area contributed by atoms with Crippen molar-refractivity contribution in [2.24, 2.45) is 0 Å². The van der Waals surface area contributed by atoms with Gasteiger partial charge in [-0.1, -0.05) is 0 Å². The summed E-state index contributed by atoms with van der Waals surface area (Å²) >= 11 is 0. The third kappa shape index (κ3) is 4.29. The Labute approximate surface area is 148 Å². The number of carbonyl (C=O) groups excluding carboxylic acids is 1. The van der Waals surface area contributed by atoms with Crippen molar-refractivity contribution in [3.63, 3.8) is 0 Å². The summed E-state index contributed by atoms with van der Waals surface area (Å²) in [5.74, 6) is 0.310. The molecule has 1 saturated carbocycles. The number of hydrogen-bond donors (Lipinski definition) is 1. The maximum Gasteiger partial charge on any atom is 0.259 e. The third-order valence-electron chi connectivity index (χ3n) is 5.04. The van der Waals surface area contributed by atoms with Crippen LogP contribution < -0.4 is 4.74 Å². The van der Waals surface area contributed by atoms with Gasteiger partial charge in [0, 0.05) is 45.5 Å². The highest BCUT2D eigenvalue weighted by atomic mass is 16.5. The van der Waals surface area contributed by atoms with Gasteiger partial charge in [0.2, 0.25) is 5.88 Å². The fourth-order valence-electron chi connectivity index (χ4n) is 3.66. The summed E-state index contributed by atoms with van der Waals surface area (Å²) in [5.41, 5.74) is 0.493. The third-order valence-corrected chi connectivity index (χ3v) is 5.04.